The lowest BCUT2D eigenvalue weighted by Gasteiger charge is -2.35. The molecule has 13 heavy (non-hydrogen) atoms. The predicted octanol–water partition coefficient (Wildman–Crippen LogP) is 4.34. The minimum atomic E-state index is 0.508. The molecule has 0 aromatic carbocycles. The van der Waals surface area contributed by atoms with Gasteiger partial charge < -0.3 is 0 Å². The van der Waals surface area contributed by atoms with E-state index in [1.165, 1.54) is 24.8 Å². The van der Waals surface area contributed by atoms with Crippen molar-refractivity contribution in [3.63, 3.8) is 0 Å². The standard InChI is InChI=1S/C13H22/c1-5-13(4,6-2)12-9-7-11(3)8-10-12/h7-9,12H,5-6,10H2,1-4H3. The van der Waals surface area contributed by atoms with E-state index in [1.54, 1.807) is 0 Å². The van der Waals surface area contributed by atoms with Gasteiger partial charge in [-0.15, -0.1) is 0 Å². The Morgan fingerprint density at radius 2 is 2.00 bits per heavy atom. The minimum absolute atomic E-state index is 0.508. The van der Waals surface area contributed by atoms with Crippen LogP contribution in [0, 0.1) is 11.3 Å². The zero-order valence-electron chi connectivity index (χ0n) is 9.43. The maximum atomic E-state index is 2.41. The van der Waals surface area contributed by atoms with E-state index in [1.807, 2.05) is 0 Å². The Kier molecular flexibility index (Phi) is 3.35. The fraction of sp³-hybridized carbons (Fsp3) is 0.692. The quantitative estimate of drug-likeness (QED) is 0.603. The van der Waals surface area contributed by atoms with Gasteiger partial charge in [0.05, 0.1) is 0 Å². The third kappa shape index (κ3) is 2.24. The summed E-state index contributed by atoms with van der Waals surface area (Å²) in [6.07, 6.45) is 10.9. The molecule has 0 aliphatic heterocycles. The zero-order chi connectivity index (χ0) is 9.90. The first-order valence-corrected chi connectivity index (χ1v) is 5.47. The molecule has 0 heterocycles. The Bertz CT molecular complexity index is 216. The van der Waals surface area contributed by atoms with Crippen LogP contribution in [0.1, 0.15) is 47.0 Å². The van der Waals surface area contributed by atoms with Gasteiger partial charge in [0.15, 0.2) is 0 Å². The first-order chi connectivity index (χ1) is 6.12. The highest BCUT2D eigenvalue weighted by Crippen LogP contribution is 2.39. The first kappa shape index (κ1) is 10.6. The van der Waals surface area contributed by atoms with Crippen molar-refractivity contribution in [1.29, 1.82) is 0 Å². The summed E-state index contributed by atoms with van der Waals surface area (Å²) in [5.74, 6) is 0.756. The molecule has 0 heteroatoms. The molecule has 0 nitrogen and oxygen atoms in total. The minimum Gasteiger partial charge on any atom is -0.0810 e. The van der Waals surface area contributed by atoms with E-state index in [0.29, 0.717) is 5.41 Å². The van der Waals surface area contributed by atoms with Crippen molar-refractivity contribution in [2.75, 3.05) is 0 Å². The lowest BCUT2D eigenvalue weighted by molar-refractivity contribution is 0.208. The highest BCUT2D eigenvalue weighted by Gasteiger charge is 2.28. The molecule has 0 amide bonds. The van der Waals surface area contributed by atoms with Crippen LogP contribution in [0.3, 0.4) is 0 Å². The van der Waals surface area contributed by atoms with E-state index in [4.69, 9.17) is 0 Å². The van der Waals surface area contributed by atoms with Crippen molar-refractivity contribution in [2.45, 2.75) is 47.0 Å². The van der Waals surface area contributed by atoms with Gasteiger partial charge in [0.2, 0.25) is 0 Å². The molecule has 0 aromatic heterocycles. The van der Waals surface area contributed by atoms with Crippen LogP contribution in [0.4, 0.5) is 0 Å². The van der Waals surface area contributed by atoms with Crippen LogP contribution in [-0.4, -0.2) is 0 Å². The summed E-state index contributed by atoms with van der Waals surface area (Å²) in [5.41, 5.74) is 1.93. The summed E-state index contributed by atoms with van der Waals surface area (Å²) in [5, 5.41) is 0. The molecule has 0 saturated heterocycles. The number of rotatable bonds is 3. The second-order valence-corrected chi connectivity index (χ2v) is 4.51. The van der Waals surface area contributed by atoms with E-state index in [-0.39, 0.29) is 0 Å². The van der Waals surface area contributed by atoms with Gasteiger partial charge in [0.25, 0.3) is 0 Å². The lowest BCUT2D eigenvalue weighted by atomic mass is 9.70. The Hall–Kier alpha value is -0.520. The van der Waals surface area contributed by atoms with Crippen molar-refractivity contribution in [1.82, 2.24) is 0 Å². The van der Waals surface area contributed by atoms with Crippen molar-refractivity contribution in [2.24, 2.45) is 11.3 Å². The fourth-order valence-electron chi connectivity index (χ4n) is 2.02. The summed E-state index contributed by atoms with van der Waals surface area (Å²) in [4.78, 5) is 0. The largest absolute Gasteiger partial charge is 0.0810 e. The molecule has 1 aliphatic rings. The third-order valence-corrected chi connectivity index (χ3v) is 3.80. The molecular formula is C13H22. The third-order valence-electron chi connectivity index (χ3n) is 3.80. The van der Waals surface area contributed by atoms with Gasteiger partial charge in [-0.3, -0.25) is 0 Å². The zero-order valence-corrected chi connectivity index (χ0v) is 9.43. The molecule has 0 fully saturated rings. The second-order valence-electron chi connectivity index (χ2n) is 4.51. The molecule has 1 unspecified atom stereocenters. The molecule has 74 valence electrons. The average molecular weight is 178 g/mol. The topological polar surface area (TPSA) is 0 Å². The summed E-state index contributed by atoms with van der Waals surface area (Å²) in [6.45, 7) is 9.21. The van der Waals surface area contributed by atoms with E-state index in [2.05, 4.69) is 45.9 Å². The first-order valence-electron chi connectivity index (χ1n) is 5.47. The van der Waals surface area contributed by atoms with E-state index < -0.39 is 0 Å². The molecule has 0 aromatic rings. The normalized spacial score (nSPS) is 23.1. The van der Waals surface area contributed by atoms with Crippen LogP contribution >= 0.6 is 0 Å². The molecule has 0 radical (unpaired) electrons. The fourth-order valence-corrected chi connectivity index (χ4v) is 2.02. The summed E-state index contributed by atoms with van der Waals surface area (Å²) >= 11 is 0. The summed E-state index contributed by atoms with van der Waals surface area (Å²) < 4.78 is 0. The van der Waals surface area contributed by atoms with Gasteiger partial charge in [-0.2, -0.15) is 0 Å². The molecule has 0 bridgehead atoms. The summed E-state index contributed by atoms with van der Waals surface area (Å²) in [6, 6.07) is 0. The molecule has 0 saturated carbocycles. The van der Waals surface area contributed by atoms with Gasteiger partial charge in [-0.25, -0.2) is 0 Å². The van der Waals surface area contributed by atoms with Crippen molar-refractivity contribution < 1.29 is 0 Å². The van der Waals surface area contributed by atoms with Crippen LogP contribution in [-0.2, 0) is 0 Å². The highest BCUT2D eigenvalue weighted by atomic mass is 14.3. The van der Waals surface area contributed by atoms with E-state index >= 15 is 0 Å². The number of hydrogen-bond acceptors (Lipinski definition) is 0. The van der Waals surface area contributed by atoms with Crippen LogP contribution in [0.15, 0.2) is 23.8 Å². The van der Waals surface area contributed by atoms with Crippen LogP contribution in [0.5, 0.6) is 0 Å². The monoisotopic (exact) mass is 178 g/mol. The molecular weight excluding hydrogens is 156 g/mol. The van der Waals surface area contributed by atoms with Crippen LogP contribution in [0.2, 0.25) is 0 Å². The second kappa shape index (κ2) is 4.13. The van der Waals surface area contributed by atoms with Crippen molar-refractivity contribution in [3.05, 3.63) is 23.8 Å². The van der Waals surface area contributed by atoms with E-state index in [0.717, 1.165) is 5.92 Å². The Morgan fingerprint density at radius 3 is 2.38 bits per heavy atom. The molecule has 0 N–H and O–H groups in total. The maximum Gasteiger partial charge on any atom is -0.0142 e. The number of hydrogen-bond donors (Lipinski definition) is 0. The van der Waals surface area contributed by atoms with Crippen molar-refractivity contribution >= 4 is 0 Å². The predicted molar refractivity (Wildman–Crippen MR) is 59.7 cm³/mol. The smallest absolute Gasteiger partial charge is 0.0142 e. The van der Waals surface area contributed by atoms with Gasteiger partial charge in [0.1, 0.15) is 0 Å². The summed E-state index contributed by atoms with van der Waals surface area (Å²) in [7, 11) is 0. The molecule has 1 atom stereocenters. The average Bonchev–Trinajstić information content (AvgIpc) is 2.18. The van der Waals surface area contributed by atoms with Gasteiger partial charge in [-0.1, -0.05) is 57.4 Å². The van der Waals surface area contributed by atoms with Gasteiger partial charge >= 0.3 is 0 Å². The van der Waals surface area contributed by atoms with E-state index in [9.17, 15) is 0 Å². The van der Waals surface area contributed by atoms with Crippen LogP contribution in [0.25, 0.3) is 0 Å². The highest BCUT2D eigenvalue weighted by molar-refractivity contribution is 5.22. The lowest BCUT2D eigenvalue weighted by Crippen LogP contribution is -2.25. The maximum absolute atomic E-state index is 2.41. The van der Waals surface area contributed by atoms with Gasteiger partial charge in [-0.05, 0) is 24.7 Å². The van der Waals surface area contributed by atoms with Crippen LogP contribution < -0.4 is 0 Å². The molecule has 0 spiro atoms. The molecule has 1 rings (SSSR count). The Morgan fingerprint density at radius 1 is 1.38 bits per heavy atom. The van der Waals surface area contributed by atoms with Crippen molar-refractivity contribution in [3.8, 4) is 0 Å². The van der Waals surface area contributed by atoms with Gasteiger partial charge in [0, 0.05) is 0 Å². The number of allylic oxidation sites excluding steroid dienone is 4. The Labute approximate surface area is 82.7 Å². The Balaban J connectivity index is 2.69. The SMILES string of the molecule is CCC(C)(CC)C1C=CC(C)=CC1. The molecule has 1 aliphatic carbocycles.